The zero-order chi connectivity index (χ0) is 15.5. The Hall–Kier alpha value is -1.58. The molecule has 3 nitrogen and oxygen atoms in total. The first-order valence-corrected chi connectivity index (χ1v) is 7.92. The quantitative estimate of drug-likeness (QED) is 0.560. The van der Waals surface area contributed by atoms with Gasteiger partial charge in [-0.3, -0.25) is 0 Å². The molecular weight excluding hydrogens is 269 g/mol. The molecule has 21 heavy (non-hydrogen) atoms. The average molecular weight is 295 g/mol. The predicted octanol–water partition coefficient (Wildman–Crippen LogP) is 5.08. The highest BCUT2D eigenvalue weighted by atomic mass is 19.1. The molecule has 0 aromatic heterocycles. The summed E-state index contributed by atoms with van der Waals surface area (Å²) in [5.74, 6) is -1.93. The minimum absolute atomic E-state index is 0.282. The fraction of sp³-hybridized carbons (Fsp3) is 0.588. The maximum atomic E-state index is 13.2. The molecule has 0 unspecified atom stereocenters. The zero-order valence-electron chi connectivity index (χ0n) is 12.8. The van der Waals surface area contributed by atoms with Crippen molar-refractivity contribution in [2.75, 3.05) is 11.9 Å². The first kappa shape index (κ1) is 17.5. The molecular formula is C17H26FNO2. The summed E-state index contributed by atoms with van der Waals surface area (Å²) < 4.78 is 13.2. The lowest BCUT2D eigenvalue weighted by molar-refractivity contribution is 0.0692. The first-order valence-electron chi connectivity index (χ1n) is 7.92. The van der Waals surface area contributed by atoms with Gasteiger partial charge in [-0.1, -0.05) is 51.9 Å². The van der Waals surface area contributed by atoms with Crippen LogP contribution < -0.4 is 5.32 Å². The van der Waals surface area contributed by atoms with E-state index >= 15 is 0 Å². The minimum atomic E-state index is -1.23. The van der Waals surface area contributed by atoms with Gasteiger partial charge >= 0.3 is 5.97 Å². The minimum Gasteiger partial charge on any atom is -0.478 e. The summed E-state index contributed by atoms with van der Waals surface area (Å²) in [6.45, 7) is 3.01. The third kappa shape index (κ3) is 7.11. The maximum Gasteiger partial charge on any atom is 0.338 e. The number of unbranched alkanes of at least 4 members (excludes halogenated alkanes) is 7. The van der Waals surface area contributed by atoms with Crippen molar-refractivity contribution in [3.8, 4) is 0 Å². The van der Waals surface area contributed by atoms with E-state index in [9.17, 15) is 9.18 Å². The second-order valence-electron chi connectivity index (χ2n) is 5.40. The third-order valence-electron chi connectivity index (χ3n) is 3.56. The largest absolute Gasteiger partial charge is 0.478 e. The van der Waals surface area contributed by atoms with E-state index in [0.29, 0.717) is 5.69 Å². The maximum absolute atomic E-state index is 13.2. The summed E-state index contributed by atoms with van der Waals surface area (Å²) in [6.07, 6.45) is 10.0. The summed E-state index contributed by atoms with van der Waals surface area (Å²) in [7, 11) is 0. The number of carbonyl (C=O) groups is 1. The Morgan fingerprint density at radius 1 is 1.10 bits per heavy atom. The number of benzene rings is 1. The molecule has 0 fully saturated rings. The second kappa shape index (κ2) is 10.2. The number of nitrogens with one attached hydrogen (secondary N) is 1. The zero-order valence-corrected chi connectivity index (χ0v) is 12.8. The van der Waals surface area contributed by atoms with Crippen molar-refractivity contribution in [3.63, 3.8) is 0 Å². The molecule has 0 atom stereocenters. The topological polar surface area (TPSA) is 49.3 Å². The van der Waals surface area contributed by atoms with Crippen molar-refractivity contribution in [1.29, 1.82) is 0 Å². The van der Waals surface area contributed by atoms with E-state index in [1.165, 1.54) is 57.1 Å². The normalized spacial score (nSPS) is 10.6. The fourth-order valence-electron chi connectivity index (χ4n) is 2.29. The molecule has 118 valence electrons. The van der Waals surface area contributed by atoms with Crippen LogP contribution in [0.3, 0.4) is 0 Å². The Bertz CT molecular complexity index is 435. The highest BCUT2D eigenvalue weighted by Gasteiger charge is 2.10. The molecule has 2 N–H and O–H groups in total. The van der Waals surface area contributed by atoms with Gasteiger partial charge in [0.05, 0.1) is 5.56 Å². The SMILES string of the molecule is CCCCCCCCCCNc1ccc(F)c(C(=O)O)c1. The van der Waals surface area contributed by atoms with Gasteiger partial charge in [0.25, 0.3) is 0 Å². The Labute approximate surface area is 126 Å². The van der Waals surface area contributed by atoms with Gasteiger partial charge in [-0.05, 0) is 24.6 Å². The lowest BCUT2D eigenvalue weighted by atomic mass is 10.1. The predicted molar refractivity (Wildman–Crippen MR) is 84.5 cm³/mol. The lowest BCUT2D eigenvalue weighted by Gasteiger charge is -2.07. The lowest BCUT2D eigenvalue weighted by Crippen LogP contribution is -2.05. The number of hydrogen-bond donors (Lipinski definition) is 2. The standard InChI is InChI=1S/C17H26FNO2/c1-2-3-4-5-6-7-8-9-12-19-14-10-11-16(18)15(13-14)17(20)21/h10-11,13,19H,2-9,12H2,1H3,(H,20,21). The number of halogens is 1. The van der Waals surface area contributed by atoms with E-state index in [-0.39, 0.29) is 5.56 Å². The van der Waals surface area contributed by atoms with E-state index < -0.39 is 11.8 Å². The van der Waals surface area contributed by atoms with Crippen LogP contribution in [0.15, 0.2) is 18.2 Å². The van der Waals surface area contributed by atoms with Crippen LogP contribution in [0.4, 0.5) is 10.1 Å². The van der Waals surface area contributed by atoms with Crippen LogP contribution in [0.2, 0.25) is 0 Å². The van der Waals surface area contributed by atoms with E-state index in [2.05, 4.69) is 12.2 Å². The molecule has 0 radical (unpaired) electrons. The van der Waals surface area contributed by atoms with Gasteiger partial charge in [-0.2, -0.15) is 0 Å². The van der Waals surface area contributed by atoms with Gasteiger partial charge in [0.15, 0.2) is 0 Å². The molecule has 0 heterocycles. The highest BCUT2D eigenvalue weighted by molar-refractivity contribution is 5.89. The van der Waals surface area contributed by atoms with Crippen LogP contribution in [0.5, 0.6) is 0 Å². The number of carboxylic acid groups (broad SMARTS) is 1. The van der Waals surface area contributed by atoms with Crippen LogP contribution >= 0.6 is 0 Å². The van der Waals surface area contributed by atoms with Crippen LogP contribution in [0.1, 0.15) is 68.6 Å². The van der Waals surface area contributed by atoms with Crippen molar-refractivity contribution in [2.24, 2.45) is 0 Å². The van der Waals surface area contributed by atoms with Crippen LogP contribution in [0, 0.1) is 5.82 Å². The molecule has 1 aromatic rings. The Balaban J connectivity index is 2.16. The van der Waals surface area contributed by atoms with Crippen molar-refractivity contribution in [3.05, 3.63) is 29.6 Å². The van der Waals surface area contributed by atoms with Crippen molar-refractivity contribution < 1.29 is 14.3 Å². The van der Waals surface area contributed by atoms with Crippen molar-refractivity contribution in [2.45, 2.75) is 58.3 Å². The number of aromatic carboxylic acids is 1. The first-order chi connectivity index (χ1) is 10.1. The fourth-order valence-corrected chi connectivity index (χ4v) is 2.29. The molecule has 0 aliphatic heterocycles. The Morgan fingerprint density at radius 3 is 2.33 bits per heavy atom. The summed E-state index contributed by atoms with van der Waals surface area (Å²) >= 11 is 0. The smallest absolute Gasteiger partial charge is 0.338 e. The molecule has 0 bridgehead atoms. The molecule has 0 aliphatic carbocycles. The van der Waals surface area contributed by atoms with Gasteiger partial charge < -0.3 is 10.4 Å². The molecule has 0 amide bonds. The van der Waals surface area contributed by atoms with E-state index in [0.717, 1.165) is 13.0 Å². The molecule has 0 saturated carbocycles. The summed E-state index contributed by atoms with van der Waals surface area (Å²) in [5.41, 5.74) is 0.382. The van der Waals surface area contributed by atoms with Crippen LogP contribution in [0.25, 0.3) is 0 Å². The summed E-state index contributed by atoms with van der Waals surface area (Å²) in [5, 5.41) is 12.0. The molecule has 0 aliphatic rings. The third-order valence-corrected chi connectivity index (χ3v) is 3.56. The van der Waals surface area contributed by atoms with Crippen molar-refractivity contribution >= 4 is 11.7 Å². The van der Waals surface area contributed by atoms with Crippen LogP contribution in [-0.2, 0) is 0 Å². The van der Waals surface area contributed by atoms with E-state index in [4.69, 9.17) is 5.11 Å². The van der Waals surface area contributed by atoms with E-state index in [1.54, 1.807) is 6.07 Å². The van der Waals surface area contributed by atoms with Crippen LogP contribution in [-0.4, -0.2) is 17.6 Å². The number of hydrogen-bond acceptors (Lipinski definition) is 2. The molecule has 1 rings (SSSR count). The molecule has 4 heteroatoms. The van der Waals surface area contributed by atoms with Gasteiger partial charge in [0.1, 0.15) is 5.82 Å². The van der Waals surface area contributed by atoms with Gasteiger partial charge in [0, 0.05) is 12.2 Å². The molecule has 1 aromatic carbocycles. The molecule has 0 saturated heterocycles. The van der Waals surface area contributed by atoms with Crippen molar-refractivity contribution in [1.82, 2.24) is 0 Å². The van der Waals surface area contributed by atoms with Gasteiger partial charge in [-0.25, -0.2) is 9.18 Å². The van der Waals surface area contributed by atoms with Gasteiger partial charge in [0.2, 0.25) is 0 Å². The summed E-state index contributed by atoms with van der Waals surface area (Å²) in [4.78, 5) is 10.8. The summed E-state index contributed by atoms with van der Waals surface area (Å²) in [6, 6.07) is 4.12. The Morgan fingerprint density at radius 2 is 1.71 bits per heavy atom. The monoisotopic (exact) mass is 295 g/mol. The van der Waals surface area contributed by atoms with E-state index in [1.807, 2.05) is 0 Å². The number of rotatable bonds is 11. The Kier molecular flexibility index (Phi) is 8.48. The number of carboxylic acids is 1. The molecule has 0 spiro atoms. The highest BCUT2D eigenvalue weighted by Crippen LogP contribution is 2.15. The second-order valence-corrected chi connectivity index (χ2v) is 5.40. The number of anilines is 1. The average Bonchev–Trinajstić information content (AvgIpc) is 2.47. The van der Waals surface area contributed by atoms with Gasteiger partial charge in [-0.15, -0.1) is 0 Å².